The number of nitro benzene ring substituents is 2. The van der Waals surface area contributed by atoms with E-state index in [2.05, 4.69) is 0 Å². The number of aliphatic hydroxyl groups is 2. The van der Waals surface area contributed by atoms with E-state index in [1.807, 2.05) is 0 Å². The molecule has 11 heteroatoms. The minimum absolute atomic E-state index is 0.0162. The van der Waals surface area contributed by atoms with Gasteiger partial charge in [-0.2, -0.15) is 0 Å². The van der Waals surface area contributed by atoms with Crippen molar-refractivity contribution in [1.82, 2.24) is 4.90 Å². The summed E-state index contributed by atoms with van der Waals surface area (Å²) >= 11 is 0. The number of amides is 2. The topological polar surface area (TPSA) is 164 Å². The third kappa shape index (κ3) is 2.64. The molecule has 1 unspecified atom stereocenters. The Morgan fingerprint density at radius 2 is 1.42 bits per heavy atom. The summed E-state index contributed by atoms with van der Waals surface area (Å²) < 4.78 is 0. The van der Waals surface area contributed by atoms with Crippen LogP contribution in [-0.4, -0.2) is 56.0 Å². The van der Waals surface area contributed by atoms with Gasteiger partial charge in [0.1, 0.15) is 0 Å². The van der Waals surface area contributed by atoms with E-state index in [1.165, 1.54) is 0 Å². The molecule has 134 valence electrons. The van der Waals surface area contributed by atoms with Crippen LogP contribution in [0.3, 0.4) is 0 Å². The predicted octanol–water partition coefficient (Wildman–Crippen LogP) is 0.605. The lowest BCUT2D eigenvalue weighted by molar-refractivity contribution is -0.385. The number of aliphatic hydroxyl groups excluding tert-OH is 2. The highest BCUT2D eigenvalue weighted by Gasteiger charge is 2.36. The molecular weight excluding hydrogens is 350 g/mol. The van der Waals surface area contributed by atoms with Gasteiger partial charge in [0.25, 0.3) is 23.2 Å². The summed E-state index contributed by atoms with van der Waals surface area (Å²) in [5.74, 6) is -1.78. The van der Waals surface area contributed by atoms with Crippen molar-refractivity contribution in [3.63, 3.8) is 0 Å². The third-order valence-electron chi connectivity index (χ3n) is 4.00. The van der Waals surface area contributed by atoms with Crippen molar-refractivity contribution < 1.29 is 29.6 Å². The second-order valence-corrected chi connectivity index (χ2v) is 5.66. The molecule has 3 rings (SSSR count). The van der Waals surface area contributed by atoms with Gasteiger partial charge in [-0.25, -0.2) is 0 Å². The summed E-state index contributed by atoms with van der Waals surface area (Å²) in [4.78, 5) is 46.5. The highest BCUT2D eigenvalue weighted by molar-refractivity contribution is 6.26. The summed E-state index contributed by atoms with van der Waals surface area (Å²) in [5.41, 5.74) is -1.29. The quantitative estimate of drug-likeness (QED) is 0.444. The zero-order valence-corrected chi connectivity index (χ0v) is 13.0. The van der Waals surface area contributed by atoms with Crippen LogP contribution in [-0.2, 0) is 0 Å². The van der Waals surface area contributed by atoms with E-state index < -0.39 is 52.3 Å². The van der Waals surface area contributed by atoms with Gasteiger partial charge in [0.2, 0.25) is 0 Å². The van der Waals surface area contributed by atoms with Crippen LogP contribution >= 0.6 is 0 Å². The van der Waals surface area contributed by atoms with Crippen LogP contribution in [0.4, 0.5) is 11.4 Å². The molecular formula is C15H11N3O8. The number of hydrogen-bond donors (Lipinski definition) is 2. The molecule has 1 atom stereocenters. The van der Waals surface area contributed by atoms with E-state index in [1.54, 1.807) is 0 Å². The summed E-state index contributed by atoms with van der Waals surface area (Å²) in [5, 5.41) is 40.8. The summed E-state index contributed by atoms with van der Waals surface area (Å²) in [7, 11) is 0. The van der Waals surface area contributed by atoms with Crippen molar-refractivity contribution in [3.05, 3.63) is 55.6 Å². The Morgan fingerprint density at radius 3 is 1.81 bits per heavy atom. The Hall–Kier alpha value is -3.44. The molecule has 2 aromatic carbocycles. The van der Waals surface area contributed by atoms with E-state index in [-0.39, 0.29) is 21.9 Å². The predicted molar refractivity (Wildman–Crippen MR) is 85.7 cm³/mol. The first kappa shape index (κ1) is 17.4. The van der Waals surface area contributed by atoms with Crippen LogP contribution in [0.2, 0.25) is 0 Å². The van der Waals surface area contributed by atoms with Gasteiger partial charge in [0.05, 0.1) is 40.2 Å². The summed E-state index contributed by atoms with van der Waals surface area (Å²) in [6, 6.07) is 4.05. The molecule has 1 heterocycles. The maximum absolute atomic E-state index is 12.6. The Labute approximate surface area is 144 Å². The highest BCUT2D eigenvalue weighted by Crippen LogP contribution is 2.36. The maximum Gasteiger partial charge on any atom is 0.270 e. The number of imide groups is 1. The molecule has 0 saturated carbocycles. The fraction of sp³-hybridized carbons (Fsp3) is 0.200. The van der Waals surface area contributed by atoms with Crippen molar-refractivity contribution in [3.8, 4) is 0 Å². The average molecular weight is 361 g/mol. The number of β-amino-alcohol motifs (C(OH)–C–C–N with tert-alkyl or cyclic N) is 1. The number of benzene rings is 2. The zero-order chi connectivity index (χ0) is 19.2. The second-order valence-electron chi connectivity index (χ2n) is 5.66. The Bertz CT molecular complexity index is 918. The van der Waals surface area contributed by atoms with Gasteiger partial charge in [-0.15, -0.1) is 0 Å². The highest BCUT2D eigenvalue weighted by atomic mass is 16.6. The third-order valence-corrected chi connectivity index (χ3v) is 4.00. The first-order valence-electron chi connectivity index (χ1n) is 7.30. The van der Waals surface area contributed by atoms with E-state index in [9.17, 15) is 34.9 Å². The van der Waals surface area contributed by atoms with Gasteiger partial charge >= 0.3 is 0 Å². The minimum atomic E-state index is -1.42. The Balaban J connectivity index is 2.32. The van der Waals surface area contributed by atoms with E-state index >= 15 is 0 Å². The molecule has 0 saturated heterocycles. The van der Waals surface area contributed by atoms with E-state index in [4.69, 9.17) is 5.11 Å². The molecule has 0 bridgehead atoms. The van der Waals surface area contributed by atoms with Gasteiger partial charge in [-0.05, 0) is 5.39 Å². The van der Waals surface area contributed by atoms with Crippen LogP contribution < -0.4 is 0 Å². The van der Waals surface area contributed by atoms with E-state index in [0.29, 0.717) is 4.90 Å². The number of rotatable bonds is 5. The molecule has 0 aromatic heterocycles. The SMILES string of the molecule is O=C1c2cc([N+](=O)[O-])cc3cc([N+](=O)[O-])cc(c23)C(=O)N1CC(O)CO. The number of nitro groups is 2. The van der Waals surface area contributed by atoms with Crippen molar-refractivity contribution in [2.45, 2.75) is 6.10 Å². The smallest absolute Gasteiger partial charge is 0.270 e. The second kappa shape index (κ2) is 6.13. The summed E-state index contributed by atoms with van der Waals surface area (Å²) in [6.45, 7) is -1.27. The lowest BCUT2D eigenvalue weighted by Crippen LogP contribution is -2.45. The average Bonchev–Trinajstić information content (AvgIpc) is 2.61. The Kier molecular flexibility index (Phi) is 4.10. The number of carbonyl (C=O) groups is 2. The van der Waals surface area contributed by atoms with Crippen LogP contribution in [0.1, 0.15) is 20.7 Å². The van der Waals surface area contributed by atoms with Crippen molar-refractivity contribution in [2.24, 2.45) is 0 Å². The molecule has 1 aliphatic rings. The lowest BCUT2D eigenvalue weighted by Gasteiger charge is -2.28. The molecule has 2 N–H and O–H groups in total. The fourth-order valence-electron chi connectivity index (χ4n) is 2.85. The molecule has 1 aliphatic heterocycles. The van der Waals surface area contributed by atoms with Crippen molar-refractivity contribution in [2.75, 3.05) is 13.2 Å². The molecule has 0 spiro atoms. The monoisotopic (exact) mass is 361 g/mol. The molecule has 11 nitrogen and oxygen atoms in total. The van der Waals surface area contributed by atoms with Gasteiger partial charge in [-0.3, -0.25) is 34.7 Å². The van der Waals surface area contributed by atoms with Crippen LogP contribution in [0.25, 0.3) is 10.8 Å². The molecule has 0 aliphatic carbocycles. The summed E-state index contributed by atoms with van der Waals surface area (Å²) in [6.07, 6.45) is -1.42. The zero-order valence-electron chi connectivity index (χ0n) is 13.0. The van der Waals surface area contributed by atoms with Gasteiger partial charge in [0.15, 0.2) is 0 Å². The number of carbonyl (C=O) groups excluding carboxylic acids is 2. The van der Waals surface area contributed by atoms with Gasteiger partial charge < -0.3 is 10.2 Å². The van der Waals surface area contributed by atoms with Crippen LogP contribution in [0.5, 0.6) is 0 Å². The lowest BCUT2D eigenvalue weighted by atomic mass is 9.92. The number of non-ortho nitro benzene ring substituents is 2. The largest absolute Gasteiger partial charge is 0.394 e. The first-order valence-corrected chi connectivity index (χ1v) is 7.30. The standard InChI is InChI=1S/C15H11N3O8/c19-6-10(20)5-16-14(21)11-3-8(17(23)24)1-7-2-9(18(25)26)4-12(13(7)11)15(16)22/h1-4,10,19-20H,5-6H2. The molecule has 2 amide bonds. The van der Waals surface area contributed by atoms with Crippen LogP contribution in [0, 0.1) is 20.2 Å². The maximum atomic E-state index is 12.6. The van der Waals surface area contributed by atoms with Crippen LogP contribution in [0.15, 0.2) is 24.3 Å². The minimum Gasteiger partial charge on any atom is -0.394 e. The fourth-order valence-corrected chi connectivity index (χ4v) is 2.85. The van der Waals surface area contributed by atoms with Gasteiger partial charge in [-0.1, -0.05) is 0 Å². The Morgan fingerprint density at radius 1 is 0.962 bits per heavy atom. The van der Waals surface area contributed by atoms with E-state index in [0.717, 1.165) is 24.3 Å². The molecule has 26 heavy (non-hydrogen) atoms. The van der Waals surface area contributed by atoms with Crippen molar-refractivity contribution >= 4 is 34.0 Å². The molecule has 0 fully saturated rings. The van der Waals surface area contributed by atoms with Gasteiger partial charge in [0, 0.05) is 29.7 Å². The first-order chi connectivity index (χ1) is 12.2. The molecule has 2 aromatic rings. The van der Waals surface area contributed by atoms with Crippen molar-refractivity contribution in [1.29, 1.82) is 0 Å². The normalized spacial score (nSPS) is 14.6. The number of nitrogens with zero attached hydrogens (tertiary/aromatic N) is 3. The number of hydrogen-bond acceptors (Lipinski definition) is 8. The molecule has 0 radical (unpaired) electrons.